The van der Waals surface area contributed by atoms with E-state index in [1.54, 1.807) is 24.7 Å². The molecule has 9 heteroatoms. The van der Waals surface area contributed by atoms with Crippen LogP contribution in [0.4, 0.5) is 0 Å². The first kappa shape index (κ1) is 11.7. The third-order valence-electron chi connectivity index (χ3n) is 2.20. The van der Waals surface area contributed by atoms with E-state index in [4.69, 9.17) is 0 Å². The summed E-state index contributed by atoms with van der Waals surface area (Å²) in [6.07, 6.45) is 3.18. The number of aromatic amines is 1. The molecule has 0 fully saturated rings. The van der Waals surface area contributed by atoms with E-state index in [2.05, 4.69) is 25.3 Å². The van der Waals surface area contributed by atoms with Crippen molar-refractivity contribution in [1.82, 2.24) is 29.9 Å². The smallest absolute Gasteiger partial charge is 0.242 e. The molecule has 2 aromatic rings. The summed E-state index contributed by atoms with van der Waals surface area (Å²) in [7, 11) is -1.81. The van der Waals surface area contributed by atoms with Gasteiger partial charge in [0.05, 0.1) is 10.9 Å². The number of hydrogen-bond acceptors (Lipinski definition) is 5. The lowest BCUT2D eigenvalue weighted by atomic mass is 10.4. The van der Waals surface area contributed by atoms with Crippen LogP contribution < -0.4 is 4.72 Å². The first-order valence-corrected chi connectivity index (χ1v) is 6.35. The van der Waals surface area contributed by atoms with Crippen LogP contribution in [0.15, 0.2) is 23.4 Å². The van der Waals surface area contributed by atoms with E-state index in [1.807, 2.05) is 0 Å². The fourth-order valence-electron chi connectivity index (χ4n) is 1.34. The SMILES string of the molecule is CC(NS(=O)(=O)c1ccn(C)c1)c1nn[nH]n1. The third kappa shape index (κ3) is 2.50. The number of aromatic nitrogens is 5. The van der Waals surface area contributed by atoms with Crippen LogP contribution in [0.2, 0.25) is 0 Å². The average Bonchev–Trinajstić information content (AvgIpc) is 2.86. The van der Waals surface area contributed by atoms with Gasteiger partial charge in [-0.1, -0.05) is 5.21 Å². The molecule has 92 valence electrons. The molecule has 2 aromatic heterocycles. The second-order valence-electron chi connectivity index (χ2n) is 3.63. The van der Waals surface area contributed by atoms with Gasteiger partial charge in [-0.3, -0.25) is 0 Å². The van der Waals surface area contributed by atoms with Crippen molar-refractivity contribution >= 4 is 10.0 Å². The summed E-state index contributed by atoms with van der Waals surface area (Å²) in [4.78, 5) is 0.204. The Balaban J connectivity index is 2.18. The largest absolute Gasteiger partial charge is 0.356 e. The second kappa shape index (κ2) is 4.26. The minimum atomic E-state index is -3.56. The number of hydrogen-bond donors (Lipinski definition) is 2. The van der Waals surface area contributed by atoms with E-state index in [9.17, 15) is 8.42 Å². The van der Waals surface area contributed by atoms with E-state index in [0.717, 1.165) is 0 Å². The number of rotatable bonds is 4. The topological polar surface area (TPSA) is 106 Å². The molecule has 8 nitrogen and oxygen atoms in total. The van der Waals surface area contributed by atoms with E-state index in [0.29, 0.717) is 5.82 Å². The molecule has 0 amide bonds. The van der Waals surface area contributed by atoms with Gasteiger partial charge in [0.1, 0.15) is 0 Å². The van der Waals surface area contributed by atoms with E-state index < -0.39 is 16.1 Å². The molecule has 0 aliphatic rings. The van der Waals surface area contributed by atoms with Gasteiger partial charge in [-0.25, -0.2) is 13.1 Å². The van der Waals surface area contributed by atoms with Crippen molar-refractivity contribution in [2.75, 3.05) is 0 Å². The monoisotopic (exact) mass is 256 g/mol. The Morgan fingerprint density at radius 1 is 1.53 bits per heavy atom. The molecule has 0 spiro atoms. The van der Waals surface area contributed by atoms with Crippen LogP contribution in [0.3, 0.4) is 0 Å². The molecule has 0 aromatic carbocycles. The Morgan fingerprint density at radius 2 is 2.29 bits per heavy atom. The predicted molar refractivity (Wildman–Crippen MR) is 58.3 cm³/mol. The maximum Gasteiger partial charge on any atom is 0.242 e. The summed E-state index contributed by atoms with van der Waals surface area (Å²) in [5.74, 6) is 0.296. The van der Waals surface area contributed by atoms with Crippen molar-refractivity contribution in [1.29, 1.82) is 0 Å². The van der Waals surface area contributed by atoms with Crippen LogP contribution in [0, 0.1) is 0 Å². The average molecular weight is 256 g/mol. The summed E-state index contributed by atoms with van der Waals surface area (Å²) in [5.41, 5.74) is 0. The summed E-state index contributed by atoms with van der Waals surface area (Å²) < 4.78 is 28.0. The van der Waals surface area contributed by atoms with Crippen LogP contribution in [0.25, 0.3) is 0 Å². The van der Waals surface area contributed by atoms with Gasteiger partial charge < -0.3 is 4.57 Å². The van der Waals surface area contributed by atoms with Crippen molar-refractivity contribution in [2.24, 2.45) is 7.05 Å². The van der Waals surface area contributed by atoms with Gasteiger partial charge in [-0.2, -0.15) is 5.21 Å². The molecule has 0 bridgehead atoms. The Hall–Kier alpha value is -1.74. The second-order valence-corrected chi connectivity index (χ2v) is 5.34. The fraction of sp³-hybridized carbons (Fsp3) is 0.375. The lowest BCUT2D eigenvalue weighted by Crippen LogP contribution is -2.27. The highest BCUT2D eigenvalue weighted by molar-refractivity contribution is 7.89. The molecule has 0 saturated carbocycles. The van der Waals surface area contributed by atoms with E-state index >= 15 is 0 Å². The zero-order valence-corrected chi connectivity index (χ0v) is 10.1. The lowest BCUT2D eigenvalue weighted by molar-refractivity contribution is 0.560. The van der Waals surface area contributed by atoms with Gasteiger partial charge in [0, 0.05) is 19.4 Å². The highest BCUT2D eigenvalue weighted by atomic mass is 32.2. The van der Waals surface area contributed by atoms with Crippen molar-refractivity contribution < 1.29 is 8.42 Å². The zero-order valence-electron chi connectivity index (χ0n) is 9.32. The maximum atomic E-state index is 11.9. The van der Waals surface area contributed by atoms with Crippen LogP contribution in [-0.4, -0.2) is 33.6 Å². The van der Waals surface area contributed by atoms with Gasteiger partial charge in [0.15, 0.2) is 5.82 Å². The predicted octanol–water partition coefficient (Wildman–Crippen LogP) is -0.422. The molecule has 0 radical (unpaired) electrons. The fourth-order valence-corrected chi connectivity index (χ4v) is 2.60. The van der Waals surface area contributed by atoms with Crippen LogP contribution in [-0.2, 0) is 17.1 Å². The normalized spacial score (nSPS) is 13.8. The van der Waals surface area contributed by atoms with Crippen molar-refractivity contribution in [3.05, 3.63) is 24.3 Å². The molecule has 1 unspecified atom stereocenters. The van der Waals surface area contributed by atoms with E-state index in [1.165, 1.54) is 12.3 Å². The molecule has 2 N–H and O–H groups in total. The highest BCUT2D eigenvalue weighted by Crippen LogP contribution is 2.13. The first-order chi connectivity index (χ1) is 7.99. The van der Waals surface area contributed by atoms with Crippen LogP contribution in [0.1, 0.15) is 18.8 Å². The quantitative estimate of drug-likeness (QED) is 0.772. The molecule has 2 rings (SSSR count). The summed E-state index contributed by atoms with van der Waals surface area (Å²) in [6.45, 7) is 1.64. The van der Waals surface area contributed by atoms with Crippen molar-refractivity contribution in [3.63, 3.8) is 0 Å². The van der Waals surface area contributed by atoms with Crippen molar-refractivity contribution in [2.45, 2.75) is 17.9 Å². The van der Waals surface area contributed by atoms with Gasteiger partial charge >= 0.3 is 0 Å². The minimum absolute atomic E-state index is 0.204. The number of H-pyrrole nitrogens is 1. The lowest BCUT2D eigenvalue weighted by Gasteiger charge is -2.09. The minimum Gasteiger partial charge on any atom is -0.356 e. The van der Waals surface area contributed by atoms with Crippen LogP contribution >= 0.6 is 0 Å². The van der Waals surface area contributed by atoms with E-state index in [-0.39, 0.29) is 4.90 Å². The zero-order chi connectivity index (χ0) is 12.5. The van der Waals surface area contributed by atoms with Gasteiger partial charge in [-0.05, 0) is 13.0 Å². The number of tetrazole rings is 1. The number of sulfonamides is 1. The number of aryl methyl sites for hydroxylation is 1. The molecule has 1 atom stereocenters. The Labute approximate surface area is 98.1 Å². The maximum absolute atomic E-state index is 11.9. The van der Waals surface area contributed by atoms with Crippen molar-refractivity contribution in [3.8, 4) is 0 Å². The van der Waals surface area contributed by atoms with Gasteiger partial charge in [0.25, 0.3) is 0 Å². The Kier molecular flexibility index (Phi) is 2.94. The molecule has 0 saturated heterocycles. The molecular formula is C8H12N6O2S. The molecular weight excluding hydrogens is 244 g/mol. The van der Waals surface area contributed by atoms with Gasteiger partial charge in [0.2, 0.25) is 10.0 Å². The van der Waals surface area contributed by atoms with Gasteiger partial charge in [-0.15, -0.1) is 10.2 Å². The third-order valence-corrected chi connectivity index (χ3v) is 3.72. The first-order valence-electron chi connectivity index (χ1n) is 4.87. The Morgan fingerprint density at radius 3 is 2.82 bits per heavy atom. The molecule has 0 aliphatic carbocycles. The molecule has 0 aliphatic heterocycles. The standard InChI is InChI=1S/C8H12N6O2S/c1-6(8-9-12-13-10-8)11-17(15,16)7-3-4-14(2)5-7/h3-6,11H,1-2H3,(H,9,10,12,13). The highest BCUT2D eigenvalue weighted by Gasteiger charge is 2.21. The van der Waals surface area contributed by atoms with Crippen LogP contribution in [0.5, 0.6) is 0 Å². The summed E-state index contributed by atoms with van der Waals surface area (Å²) in [5, 5.41) is 13.1. The summed E-state index contributed by atoms with van der Waals surface area (Å²) >= 11 is 0. The number of nitrogens with zero attached hydrogens (tertiary/aromatic N) is 4. The molecule has 2 heterocycles. The summed E-state index contributed by atoms with van der Waals surface area (Å²) in [6, 6.07) is 0.976. The Bertz CT molecular complexity index is 587. The molecule has 17 heavy (non-hydrogen) atoms. The number of nitrogens with one attached hydrogen (secondary N) is 2.